The van der Waals surface area contributed by atoms with Gasteiger partial charge in [-0.2, -0.15) is 0 Å². The molecule has 1 aliphatic rings. The fourth-order valence-corrected chi connectivity index (χ4v) is 5.36. The van der Waals surface area contributed by atoms with Crippen LogP contribution in [0.5, 0.6) is 5.75 Å². The first-order valence-electron chi connectivity index (χ1n) is 12.4. The van der Waals surface area contributed by atoms with Crippen molar-refractivity contribution in [2.45, 2.75) is 51.7 Å². The van der Waals surface area contributed by atoms with Gasteiger partial charge in [-0.05, 0) is 60.0 Å². The van der Waals surface area contributed by atoms with Crippen molar-refractivity contribution >= 4 is 17.2 Å². The van der Waals surface area contributed by atoms with Crippen LogP contribution in [-0.2, 0) is 16.0 Å². The molecule has 2 atom stereocenters. The van der Waals surface area contributed by atoms with Crippen molar-refractivity contribution in [1.82, 2.24) is 9.80 Å². The van der Waals surface area contributed by atoms with E-state index in [1.54, 1.807) is 11.3 Å². The molecule has 0 bridgehead atoms. The summed E-state index contributed by atoms with van der Waals surface area (Å²) in [6.45, 7) is 9.15. The Balaban J connectivity index is 1.67. The van der Waals surface area contributed by atoms with E-state index in [0.717, 1.165) is 25.1 Å². The van der Waals surface area contributed by atoms with E-state index in [9.17, 15) is 9.90 Å². The molecule has 2 heterocycles. The highest BCUT2D eigenvalue weighted by Crippen LogP contribution is 2.34. The van der Waals surface area contributed by atoms with Gasteiger partial charge in [-0.15, -0.1) is 17.8 Å². The Morgan fingerprint density at radius 1 is 1.31 bits per heavy atom. The second kappa shape index (κ2) is 13.6. The number of nitrogens with zero attached hydrogens (tertiary/aromatic N) is 2. The zero-order chi connectivity index (χ0) is 25.2. The average Bonchev–Trinajstić information content (AvgIpc) is 3.32. The SMILES string of the molecule is C#CCOCC(O)CN(CCC)CC(=O)N1CCc2sccc2C1COc1ccc(C(C)C)cc1. The molecule has 3 rings (SSSR count). The molecule has 0 saturated heterocycles. The van der Waals surface area contributed by atoms with Crippen LogP contribution in [-0.4, -0.2) is 72.9 Å². The van der Waals surface area contributed by atoms with E-state index in [1.165, 1.54) is 16.0 Å². The third-order valence-corrected chi connectivity index (χ3v) is 7.23. The topological polar surface area (TPSA) is 62.2 Å². The minimum absolute atomic E-state index is 0.0517. The summed E-state index contributed by atoms with van der Waals surface area (Å²) in [5.74, 6) is 3.73. The first kappa shape index (κ1) is 27.2. The van der Waals surface area contributed by atoms with Crippen LogP contribution < -0.4 is 4.74 Å². The van der Waals surface area contributed by atoms with Crippen LogP contribution in [0.3, 0.4) is 0 Å². The molecule has 1 aromatic carbocycles. The number of carbonyl (C=O) groups is 1. The second-order valence-corrected chi connectivity index (χ2v) is 10.3. The van der Waals surface area contributed by atoms with Gasteiger partial charge in [0.05, 0.1) is 25.3 Å². The lowest BCUT2D eigenvalue weighted by Gasteiger charge is -2.37. The average molecular weight is 499 g/mol. The first-order chi connectivity index (χ1) is 16.9. The highest BCUT2D eigenvalue weighted by molar-refractivity contribution is 7.10. The quantitative estimate of drug-likeness (QED) is 0.333. The van der Waals surface area contributed by atoms with Gasteiger partial charge in [-0.1, -0.05) is 38.8 Å². The molecule has 190 valence electrons. The van der Waals surface area contributed by atoms with Crippen molar-refractivity contribution < 1.29 is 19.4 Å². The molecule has 1 N–H and O–H groups in total. The van der Waals surface area contributed by atoms with E-state index in [4.69, 9.17) is 15.9 Å². The number of ether oxygens (including phenoxy) is 2. The molecule has 1 aromatic heterocycles. The van der Waals surface area contributed by atoms with Gasteiger partial charge in [0.15, 0.2) is 0 Å². The highest BCUT2D eigenvalue weighted by Gasteiger charge is 2.33. The molecule has 7 heteroatoms. The summed E-state index contributed by atoms with van der Waals surface area (Å²) in [4.78, 5) is 18.8. The number of hydrogen-bond acceptors (Lipinski definition) is 6. The van der Waals surface area contributed by atoms with Gasteiger partial charge in [0, 0.05) is 18.0 Å². The van der Waals surface area contributed by atoms with Crippen LogP contribution in [0, 0.1) is 12.3 Å². The van der Waals surface area contributed by atoms with E-state index < -0.39 is 6.10 Å². The molecule has 0 aliphatic carbocycles. The second-order valence-electron chi connectivity index (χ2n) is 9.29. The van der Waals surface area contributed by atoms with Gasteiger partial charge in [-0.25, -0.2) is 0 Å². The van der Waals surface area contributed by atoms with Crippen molar-refractivity contribution in [3.63, 3.8) is 0 Å². The Morgan fingerprint density at radius 3 is 2.77 bits per heavy atom. The van der Waals surface area contributed by atoms with E-state index in [2.05, 4.69) is 50.3 Å². The number of terminal acetylenes is 1. The van der Waals surface area contributed by atoms with Crippen molar-refractivity contribution in [2.24, 2.45) is 0 Å². The number of carbonyl (C=O) groups excluding carboxylic acids is 1. The number of rotatable bonds is 13. The monoisotopic (exact) mass is 498 g/mol. The van der Waals surface area contributed by atoms with Crippen molar-refractivity contribution in [3.05, 3.63) is 51.7 Å². The lowest BCUT2D eigenvalue weighted by Crippen LogP contribution is -2.48. The molecule has 2 aromatic rings. The number of aliphatic hydroxyl groups excluding tert-OH is 1. The minimum Gasteiger partial charge on any atom is -0.491 e. The summed E-state index contributed by atoms with van der Waals surface area (Å²) in [6.07, 6.45) is 6.25. The highest BCUT2D eigenvalue weighted by atomic mass is 32.1. The van der Waals surface area contributed by atoms with Gasteiger partial charge in [0.2, 0.25) is 5.91 Å². The molecule has 2 unspecified atom stereocenters. The normalized spacial score (nSPS) is 16.3. The van der Waals surface area contributed by atoms with E-state index >= 15 is 0 Å². The predicted molar refractivity (Wildman–Crippen MR) is 141 cm³/mol. The zero-order valence-electron chi connectivity index (χ0n) is 21.1. The maximum atomic E-state index is 13.5. The predicted octanol–water partition coefficient (Wildman–Crippen LogP) is 4.10. The summed E-state index contributed by atoms with van der Waals surface area (Å²) in [7, 11) is 0. The summed E-state index contributed by atoms with van der Waals surface area (Å²) < 4.78 is 11.4. The largest absolute Gasteiger partial charge is 0.491 e. The fourth-order valence-electron chi connectivity index (χ4n) is 4.44. The Labute approximate surface area is 213 Å². The number of aliphatic hydroxyl groups is 1. The summed E-state index contributed by atoms with van der Waals surface area (Å²) in [5, 5.41) is 12.4. The minimum atomic E-state index is -0.694. The maximum Gasteiger partial charge on any atom is 0.237 e. The van der Waals surface area contributed by atoms with Crippen LogP contribution in [0.2, 0.25) is 0 Å². The summed E-state index contributed by atoms with van der Waals surface area (Å²) in [5.41, 5.74) is 2.45. The lowest BCUT2D eigenvalue weighted by molar-refractivity contribution is -0.136. The number of thiophene rings is 1. The Bertz CT molecular complexity index is 966. The Kier molecular flexibility index (Phi) is 10.6. The maximum absolute atomic E-state index is 13.5. The van der Waals surface area contributed by atoms with Crippen molar-refractivity contribution in [3.8, 4) is 18.1 Å². The van der Waals surface area contributed by atoms with Gasteiger partial charge in [-0.3, -0.25) is 9.69 Å². The molecular weight excluding hydrogens is 460 g/mol. The van der Waals surface area contributed by atoms with Crippen LogP contribution in [0.15, 0.2) is 35.7 Å². The van der Waals surface area contributed by atoms with Crippen LogP contribution in [0.25, 0.3) is 0 Å². The van der Waals surface area contributed by atoms with Gasteiger partial charge < -0.3 is 19.5 Å². The van der Waals surface area contributed by atoms with Crippen molar-refractivity contribution in [1.29, 1.82) is 0 Å². The zero-order valence-corrected chi connectivity index (χ0v) is 21.9. The van der Waals surface area contributed by atoms with Gasteiger partial charge in [0.1, 0.15) is 19.0 Å². The third-order valence-electron chi connectivity index (χ3n) is 6.23. The molecule has 6 nitrogen and oxygen atoms in total. The van der Waals surface area contributed by atoms with E-state index in [1.807, 2.05) is 21.9 Å². The van der Waals surface area contributed by atoms with Crippen LogP contribution in [0.1, 0.15) is 55.2 Å². The van der Waals surface area contributed by atoms with Gasteiger partial charge >= 0.3 is 0 Å². The van der Waals surface area contributed by atoms with E-state index in [-0.39, 0.29) is 31.7 Å². The standard InChI is InChI=1S/C28H38N2O4S/c1-5-13-29(17-23(31)19-33-15-6-2)18-28(32)30-14-11-27-25(12-16-35-27)26(30)20-34-24-9-7-22(8-10-24)21(3)4/h2,7-10,12,16,21,23,26,31H,5,11,13-15,17-20H2,1,3-4H3. The van der Waals surface area contributed by atoms with Crippen molar-refractivity contribution in [2.75, 3.05) is 46.0 Å². The molecule has 1 aliphatic heterocycles. The molecule has 0 spiro atoms. The first-order valence-corrected chi connectivity index (χ1v) is 13.3. The fraction of sp³-hybridized carbons (Fsp3) is 0.536. The third kappa shape index (κ3) is 7.81. The molecule has 1 amide bonds. The molecule has 0 saturated carbocycles. The summed E-state index contributed by atoms with van der Waals surface area (Å²) >= 11 is 1.74. The number of amides is 1. The summed E-state index contributed by atoms with van der Waals surface area (Å²) in [6, 6.07) is 10.2. The molecule has 0 fully saturated rings. The molecule has 0 radical (unpaired) electrons. The smallest absolute Gasteiger partial charge is 0.237 e. The van der Waals surface area contributed by atoms with E-state index in [0.29, 0.717) is 25.6 Å². The van der Waals surface area contributed by atoms with Gasteiger partial charge in [0.25, 0.3) is 0 Å². The number of fused-ring (bicyclic) bond motifs is 1. The Hall–Kier alpha value is -2.37. The number of benzene rings is 1. The lowest BCUT2D eigenvalue weighted by atomic mass is 10.00. The molecular formula is C28H38N2O4S. The number of hydrogen-bond donors (Lipinski definition) is 1. The van der Waals surface area contributed by atoms with Crippen LogP contribution >= 0.6 is 11.3 Å². The van der Waals surface area contributed by atoms with Crippen LogP contribution in [0.4, 0.5) is 0 Å². The molecule has 35 heavy (non-hydrogen) atoms. The Morgan fingerprint density at radius 2 is 2.09 bits per heavy atom.